The summed E-state index contributed by atoms with van der Waals surface area (Å²) in [6.07, 6.45) is 2.90. The molecule has 2 heteroatoms. The van der Waals surface area contributed by atoms with Gasteiger partial charge in [-0.3, -0.25) is 4.79 Å². The highest BCUT2D eigenvalue weighted by atomic mass is 16.1. The SMILES string of the molecule is CC(N)=O.CC1(C)CC1. The molecule has 2 nitrogen and oxygen atoms in total. The van der Waals surface area contributed by atoms with Crippen LogP contribution in [-0.2, 0) is 4.79 Å². The molecule has 1 aliphatic rings. The van der Waals surface area contributed by atoms with Crippen molar-refractivity contribution in [3.8, 4) is 0 Å². The highest BCUT2D eigenvalue weighted by Gasteiger charge is 2.30. The second-order valence-electron chi connectivity index (χ2n) is 3.27. The van der Waals surface area contributed by atoms with Gasteiger partial charge in [-0.1, -0.05) is 13.8 Å². The van der Waals surface area contributed by atoms with Crippen LogP contribution in [0.5, 0.6) is 0 Å². The molecule has 0 aromatic rings. The highest BCUT2D eigenvalue weighted by molar-refractivity contribution is 5.70. The van der Waals surface area contributed by atoms with Crippen LogP contribution >= 0.6 is 0 Å². The number of carbonyl (C=O) groups excluding carboxylic acids is 1. The number of carbonyl (C=O) groups is 1. The predicted molar refractivity (Wildman–Crippen MR) is 37.9 cm³/mol. The summed E-state index contributed by atoms with van der Waals surface area (Å²) in [5.41, 5.74) is 5.22. The zero-order valence-corrected chi connectivity index (χ0v) is 6.40. The van der Waals surface area contributed by atoms with Crippen molar-refractivity contribution in [2.75, 3.05) is 0 Å². The largest absolute Gasteiger partial charge is 0.370 e. The van der Waals surface area contributed by atoms with Crippen LogP contribution in [0, 0.1) is 5.41 Å². The number of amides is 1. The van der Waals surface area contributed by atoms with Crippen LogP contribution in [0.15, 0.2) is 0 Å². The summed E-state index contributed by atoms with van der Waals surface area (Å²) in [5, 5.41) is 0. The molecule has 9 heavy (non-hydrogen) atoms. The summed E-state index contributed by atoms with van der Waals surface area (Å²) < 4.78 is 0. The Morgan fingerprint density at radius 1 is 1.44 bits per heavy atom. The minimum atomic E-state index is -0.333. The van der Waals surface area contributed by atoms with E-state index in [1.54, 1.807) is 0 Å². The van der Waals surface area contributed by atoms with Gasteiger partial charge in [0.2, 0.25) is 5.91 Å². The Morgan fingerprint density at radius 3 is 1.56 bits per heavy atom. The van der Waals surface area contributed by atoms with E-state index in [0.717, 1.165) is 5.41 Å². The maximum atomic E-state index is 9.22. The van der Waals surface area contributed by atoms with Crippen molar-refractivity contribution in [2.45, 2.75) is 33.6 Å². The lowest BCUT2D eigenvalue weighted by Crippen LogP contribution is -2.01. The molecule has 1 aliphatic carbocycles. The van der Waals surface area contributed by atoms with Gasteiger partial charge in [-0.25, -0.2) is 0 Å². The Hall–Kier alpha value is -0.530. The van der Waals surface area contributed by atoms with Gasteiger partial charge in [0.1, 0.15) is 0 Å². The van der Waals surface area contributed by atoms with Gasteiger partial charge in [-0.15, -0.1) is 0 Å². The van der Waals surface area contributed by atoms with E-state index in [2.05, 4.69) is 19.6 Å². The van der Waals surface area contributed by atoms with Crippen molar-refractivity contribution in [1.82, 2.24) is 0 Å². The fourth-order valence-corrected chi connectivity index (χ4v) is 0.250. The van der Waals surface area contributed by atoms with Gasteiger partial charge in [-0.2, -0.15) is 0 Å². The predicted octanol–water partition coefficient (Wildman–Crippen LogP) is 1.30. The molecule has 0 radical (unpaired) electrons. The molecule has 1 saturated carbocycles. The average molecular weight is 129 g/mol. The van der Waals surface area contributed by atoms with Gasteiger partial charge >= 0.3 is 0 Å². The molecule has 0 atom stereocenters. The first kappa shape index (κ1) is 8.47. The fraction of sp³-hybridized carbons (Fsp3) is 0.857. The Balaban J connectivity index is 0.000000148. The Bertz CT molecular complexity index is 97.5. The van der Waals surface area contributed by atoms with Crippen molar-refractivity contribution in [1.29, 1.82) is 0 Å². The van der Waals surface area contributed by atoms with E-state index in [0.29, 0.717) is 0 Å². The lowest BCUT2D eigenvalue weighted by molar-refractivity contribution is -0.115. The van der Waals surface area contributed by atoms with Gasteiger partial charge in [-0.05, 0) is 18.3 Å². The first-order valence-electron chi connectivity index (χ1n) is 3.20. The molecular weight excluding hydrogens is 114 g/mol. The minimum Gasteiger partial charge on any atom is -0.370 e. The molecule has 0 aliphatic heterocycles. The molecule has 0 unspecified atom stereocenters. The Morgan fingerprint density at radius 2 is 1.56 bits per heavy atom. The van der Waals surface area contributed by atoms with E-state index in [4.69, 9.17) is 0 Å². The molecule has 0 bridgehead atoms. The van der Waals surface area contributed by atoms with Crippen molar-refractivity contribution in [2.24, 2.45) is 11.1 Å². The molecule has 0 spiro atoms. The molecule has 0 aromatic heterocycles. The van der Waals surface area contributed by atoms with Crippen molar-refractivity contribution < 1.29 is 4.79 Å². The van der Waals surface area contributed by atoms with Gasteiger partial charge in [0.25, 0.3) is 0 Å². The minimum absolute atomic E-state index is 0.333. The van der Waals surface area contributed by atoms with Crippen LogP contribution in [0.1, 0.15) is 33.6 Å². The normalized spacial score (nSPS) is 19.4. The van der Waals surface area contributed by atoms with Gasteiger partial charge in [0.15, 0.2) is 0 Å². The molecule has 1 amide bonds. The average Bonchev–Trinajstić information content (AvgIpc) is 2.16. The maximum Gasteiger partial charge on any atom is 0.214 e. The van der Waals surface area contributed by atoms with Crippen LogP contribution in [0.3, 0.4) is 0 Å². The first-order chi connectivity index (χ1) is 3.94. The molecule has 0 heterocycles. The molecule has 2 N–H and O–H groups in total. The van der Waals surface area contributed by atoms with E-state index < -0.39 is 0 Å². The lowest BCUT2D eigenvalue weighted by Gasteiger charge is -1.86. The Kier molecular flexibility index (Phi) is 2.68. The second kappa shape index (κ2) is 2.85. The van der Waals surface area contributed by atoms with Crippen LogP contribution in [0.2, 0.25) is 0 Å². The third kappa shape index (κ3) is 11.2. The third-order valence-corrected chi connectivity index (χ3v) is 1.25. The molecule has 54 valence electrons. The monoisotopic (exact) mass is 129 g/mol. The van der Waals surface area contributed by atoms with Crippen molar-refractivity contribution >= 4 is 5.91 Å². The number of primary amides is 1. The molecule has 0 aromatic carbocycles. The number of hydrogen-bond acceptors (Lipinski definition) is 1. The van der Waals surface area contributed by atoms with Crippen molar-refractivity contribution in [3.63, 3.8) is 0 Å². The van der Waals surface area contributed by atoms with Crippen LogP contribution in [0.4, 0.5) is 0 Å². The van der Waals surface area contributed by atoms with Gasteiger partial charge in [0.05, 0.1) is 0 Å². The van der Waals surface area contributed by atoms with E-state index in [1.165, 1.54) is 19.8 Å². The lowest BCUT2D eigenvalue weighted by atomic mass is 10.2. The van der Waals surface area contributed by atoms with Gasteiger partial charge < -0.3 is 5.73 Å². The first-order valence-corrected chi connectivity index (χ1v) is 3.20. The molecular formula is C7H15NO. The summed E-state index contributed by atoms with van der Waals surface area (Å²) in [5.74, 6) is -0.333. The quantitative estimate of drug-likeness (QED) is 0.526. The zero-order valence-electron chi connectivity index (χ0n) is 6.40. The maximum absolute atomic E-state index is 9.22. The fourth-order valence-electron chi connectivity index (χ4n) is 0.250. The Labute approximate surface area is 56.4 Å². The smallest absolute Gasteiger partial charge is 0.214 e. The number of nitrogens with two attached hydrogens (primary N) is 1. The third-order valence-electron chi connectivity index (χ3n) is 1.25. The van der Waals surface area contributed by atoms with E-state index in [-0.39, 0.29) is 5.91 Å². The summed E-state index contributed by atoms with van der Waals surface area (Å²) >= 11 is 0. The van der Waals surface area contributed by atoms with E-state index >= 15 is 0 Å². The van der Waals surface area contributed by atoms with Gasteiger partial charge in [0, 0.05) is 6.92 Å². The summed E-state index contributed by atoms with van der Waals surface area (Å²) in [6, 6.07) is 0. The molecule has 0 saturated heterocycles. The molecule has 1 rings (SSSR count). The second-order valence-corrected chi connectivity index (χ2v) is 3.27. The van der Waals surface area contributed by atoms with Crippen molar-refractivity contribution in [3.05, 3.63) is 0 Å². The zero-order chi connectivity index (χ0) is 7.49. The van der Waals surface area contributed by atoms with E-state index in [1.807, 2.05) is 0 Å². The standard InChI is InChI=1S/C5H10.C2H5NO/c1-5(2)3-4-5;1-2(3)4/h3-4H2,1-2H3;1H3,(H2,3,4). The topological polar surface area (TPSA) is 43.1 Å². The van der Waals surface area contributed by atoms with Crippen LogP contribution in [0.25, 0.3) is 0 Å². The van der Waals surface area contributed by atoms with Crippen LogP contribution < -0.4 is 5.73 Å². The summed E-state index contributed by atoms with van der Waals surface area (Å²) in [4.78, 5) is 9.22. The summed E-state index contributed by atoms with van der Waals surface area (Å²) in [6.45, 7) is 5.90. The number of hydrogen-bond donors (Lipinski definition) is 1. The number of rotatable bonds is 0. The molecule has 1 fully saturated rings. The summed E-state index contributed by atoms with van der Waals surface area (Å²) in [7, 11) is 0. The van der Waals surface area contributed by atoms with E-state index in [9.17, 15) is 4.79 Å². The highest BCUT2D eigenvalue weighted by Crippen LogP contribution is 2.43. The van der Waals surface area contributed by atoms with Crippen LogP contribution in [-0.4, -0.2) is 5.91 Å².